The smallest absolute Gasteiger partial charge is 0.323 e. The molecule has 0 saturated carbocycles. The van der Waals surface area contributed by atoms with E-state index in [1.807, 2.05) is 4.98 Å². The maximum absolute atomic E-state index is 13.5. The molecule has 29 heavy (non-hydrogen) atoms. The third kappa shape index (κ3) is 4.67. The molecule has 152 valence electrons. The lowest BCUT2D eigenvalue weighted by molar-refractivity contribution is -0.137. The fourth-order valence-corrected chi connectivity index (χ4v) is 3.20. The highest BCUT2D eigenvalue weighted by atomic mass is 31.2. The van der Waals surface area contributed by atoms with Crippen molar-refractivity contribution in [3.05, 3.63) is 68.7 Å². The molecule has 0 aliphatic rings. The number of hydrogen-bond acceptors (Lipinski definition) is 5. The standard InChI is InChI=1S/C16H12F3N4O5P/c17-16(18,19)10-6-12-13(7-11(10)22-21-9-4-2-1-3-5-9)23(8-29(26,27)28)15(25)14(24)20-12/h1-7H,8H2,(H,20,24)(H2,26,27,28). The van der Waals surface area contributed by atoms with Gasteiger partial charge in [-0.15, -0.1) is 5.11 Å². The van der Waals surface area contributed by atoms with E-state index >= 15 is 0 Å². The SMILES string of the molecule is O=c1[nH]c2cc(C(F)(F)F)c(N=Nc3ccccc3)cc2n(CP(=O)(O)O)c1=O. The number of H-pyrrole nitrogens is 1. The van der Waals surface area contributed by atoms with Crippen molar-refractivity contribution in [1.29, 1.82) is 0 Å². The van der Waals surface area contributed by atoms with Crippen molar-refractivity contribution in [2.45, 2.75) is 12.5 Å². The molecule has 0 fully saturated rings. The van der Waals surface area contributed by atoms with Crippen LogP contribution in [-0.4, -0.2) is 19.3 Å². The van der Waals surface area contributed by atoms with Gasteiger partial charge < -0.3 is 14.8 Å². The molecule has 9 nitrogen and oxygen atoms in total. The molecule has 1 aromatic heterocycles. The number of nitrogens with one attached hydrogen (secondary N) is 1. The topological polar surface area (TPSA) is 137 Å². The van der Waals surface area contributed by atoms with Crippen molar-refractivity contribution in [3.8, 4) is 0 Å². The van der Waals surface area contributed by atoms with Crippen molar-refractivity contribution in [1.82, 2.24) is 9.55 Å². The minimum Gasteiger partial charge on any atom is -0.323 e. The van der Waals surface area contributed by atoms with E-state index in [0.717, 1.165) is 6.07 Å². The molecule has 0 radical (unpaired) electrons. The highest BCUT2D eigenvalue weighted by Gasteiger charge is 2.35. The Hall–Kier alpha value is -3.08. The summed E-state index contributed by atoms with van der Waals surface area (Å²) in [4.78, 5) is 44.1. The molecule has 0 unspecified atom stereocenters. The summed E-state index contributed by atoms with van der Waals surface area (Å²) >= 11 is 0. The summed E-state index contributed by atoms with van der Waals surface area (Å²) in [6.45, 7) is 0. The summed E-state index contributed by atoms with van der Waals surface area (Å²) in [6.07, 6.45) is -6.06. The van der Waals surface area contributed by atoms with Gasteiger partial charge in [-0.25, -0.2) is 0 Å². The molecule has 0 spiro atoms. The van der Waals surface area contributed by atoms with Crippen LogP contribution in [0.2, 0.25) is 0 Å². The normalized spacial score (nSPS) is 12.7. The van der Waals surface area contributed by atoms with Gasteiger partial charge in [-0.05, 0) is 24.3 Å². The van der Waals surface area contributed by atoms with Gasteiger partial charge in [0.2, 0.25) is 0 Å². The molecule has 0 aliphatic carbocycles. The Morgan fingerprint density at radius 1 is 1.07 bits per heavy atom. The Labute approximate surface area is 159 Å². The summed E-state index contributed by atoms with van der Waals surface area (Å²) in [5.41, 5.74) is -5.11. The summed E-state index contributed by atoms with van der Waals surface area (Å²) in [5, 5.41) is 7.30. The maximum atomic E-state index is 13.5. The van der Waals surface area contributed by atoms with E-state index in [1.165, 1.54) is 12.1 Å². The lowest BCUT2D eigenvalue weighted by Gasteiger charge is -2.14. The number of rotatable bonds is 4. The average molecular weight is 428 g/mol. The first-order chi connectivity index (χ1) is 13.5. The van der Waals surface area contributed by atoms with Gasteiger partial charge in [0.1, 0.15) is 12.0 Å². The molecular formula is C16H12F3N4O5P. The zero-order chi connectivity index (χ0) is 21.4. The van der Waals surface area contributed by atoms with E-state index in [2.05, 4.69) is 10.2 Å². The molecule has 3 N–H and O–H groups in total. The number of halogens is 3. The molecule has 3 rings (SSSR count). The molecule has 13 heteroatoms. The van der Waals surface area contributed by atoms with Gasteiger partial charge in [0.05, 0.1) is 22.3 Å². The molecule has 2 aromatic carbocycles. The summed E-state index contributed by atoms with van der Waals surface area (Å²) in [7, 11) is -4.83. The molecule has 1 heterocycles. The molecule has 0 aliphatic heterocycles. The monoisotopic (exact) mass is 428 g/mol. The fraction of sp³-hybridized carbons (Fsp3) is 0.125. The van der Waals surface area contributed by atoms with Crippen molar-refractivity contribution in [3.63, 3.8) is 0 Å². The minimum atomic E-state index is -4.87. The average Bonchev–Trinajstić information content (AvgIpc) is 2.62. The number of benzene rings is 2. The van der Waals surface area contributed by atoms with Gasteiger partial charge in [0.25, 0.3) is 0 Å². The molecule has 0 saturated heterocycles. The van der Waals surface area contributed by atoms with Crippen LogP contribution in [-0.2, 0) is 17.0 Å². The lowest BCUT2D eigenvalue weighted by atomic mass is 10.1. The molecule has 0 amide bonds. The van der Waals surface area contributed by atoms with Crippen LogP contribution in [0.5, 0.6) is 0 Å². The Morgan fingerprint density at radius 2 is 1.72 bits per heavy atom. The van der Waals surface area contributed by atoms with Crippen LogP contribution in [0.15, 0.2) is 62.3 Å². The Morgan fingerprint density at radius 3 is 2.31 bits per heavy atom. The zero-order valence-corrected chi connectivity index (χ0v) is 15.2. The molecule has 0 bridgehead atoms. The second-order valence-corrected chi connectivity index (χ2v) is 7.53. The third-order valence-electron chi connectivity index (χ3n) is 3.75. The quantitative estimate of drug-likeness (QED) is 0.333. The number of aromatic amines is 1. The first-order valence-electron chi connectivity index (χ1n) is 7.85. The van der Waals surface area contributed by atoms with Crippen LogP contribution >= 0.6 is 7.60 Å². The van der Waals surface area contributed by atoms with Gasteiger partial charge >= 0.3 is 24.9 Å². The zero-order valence-electron chi connectivity index (χ0n) is 14.3. The second kappa shape index (κ2) is 7.39. The van der Waals surface area contributed by atoms with E-state index in [-0.39, 0.29) is 11.2 Å². The van der Waals surface area contributed by atoms with Crippen LogP contribution in [0.1, 0.15) is 5.56 Å². The highest BCUT2D eigenvalue weighted by Crippen LogP contribution is 2.40. The predicted molar refractivity (Wildman–Crippen MR) is 96.5 cm³/mol. The van der Waals surface area contributed by atoms with Crippen LogP contribution < -0.4 is 11.1 Å². The van der Waals surface area contributed by atoms with Crippen LogP contribution in [0.25, 0.3) is 11.0 Å². The molecule has 0 atom stereocenters. The van der Waals surface area contributed by atoms with E-state index in [4.69, 9.17) is 9.79 Å². The second-order valence-electron chi connectivity index (χ2n) is 5.91. The van der Waals surface area contributed by atoms with Crippen molar-refractivity contribution < 1.29 is 27.5 Å². The fourth-order valence-electron chi connectivity index (χ4n) is 2.55. The number of aromatic nitrogens is 2. The number of fused-ring (bicyclic) bond motifs is 1. The van der Waals surface area contributed by atoms with Gasteiger partial charge in [0.15, 0.2) is 0 Å². The summed E-state index contributed by atoms with van der Waals surface area (Å²) in [5.74, 6) is 0. The van der Waals surface area contributed by atoms with Crippen molar-refractivity contribution >= 4 is 30.0 Å². The van der Waals surface area contributed by atoms with Crippen molar-refractivity contribution in [2.24, 2.45) is 10.2 Å². The minimum absolute atomic E-state index is 0.259. The van der Waals surface area contributed by atoms with Gasteiger partial charge in [0, 0.05) is 0 Å². The van der Waals surface area contributed by atoms with Gasteiger partial charge in [-0.2, -0.15) is 18.3 Å². The number of nitrogens with zero attached hydrogens (tertiary/aromatic N) is 3. The van der Waals surface area contributed by atoms with E-state index in [0.29, 0.717) is 10.6 Å². The van der Waals surface area contributed by atoms with Crippen LogP contribution in [0.3, 0.4) is 0 Å². The highest BCUT2D eigenvalue weighted by molar-refractivity contribution is 7.50. The molecular weight excluding hydrogens is 416 g/mol. The number of alkyl halides is 3. The Bertz CT molecular complexity index is 1260. The third-order valence-corrected chi connectivity index (χ3v) is 4.40. The Balaban J connectivity index is 2.31. The van der Waals surface area contributed by atoms with Crippen molar-refractivity contribution in [2.75, 3.05) is 0 Å². The summed E-state index contributed by atoms with van der Waals surface area (Å²) in [6, 6.07) is 9.19. The van der Waals surface area contributed by atoms with E-state index < -0.39 is 47.9 Å². The predicted octanol–water partition coefficient (Wildman–Crippen LogP) is 3.26. The Kier molecular flexibility index (Phi) is 5.26. The molecule has 3 aromatic rings. The van der Waals surface area contributed by atoms with E-state index in [1.54, 1.807) is 18.2 Å². The number of azo groups is 1. The maximum Gasteiger partial charge on any atom is 0.418 e. The lowest BCUT2D eigenvalue weighted by Crippen LogP contribution is -2.36. The summed E-state index contributed by atoms with van der Waals surface area (Å²) < 4.78 is 52.1. The largest absolute Gasteiger partial charge is 0.418 e. The van der Waals surface area contributed by atoms with E-state index in [9.17, 15) is 27.3 Å². The van der Waals surface area contributed by atoms with Gasteiger partial charge in [-0.3, -0.25) is 18.7 Å². The first kappa shape index (κ1) is 20.6. The van der Waals surface area contributed by atoms with Gasteiger partial charge in [-0.1, -0.05) is 18.2 Å². The number of hydrogen-bond donors (Lipinski definition) is 3. The van der Waals surface area contributed by atoms with Crippen LogP contribution in [0.4, 0.5) is 24.5 Å². The first-order valence-corrected chi connectivity index (χ1v) is 9.65. The van der Waals surface area contributed by atoms with Crippen LogP contribution in [0, 0.1) is 0 Å².